The van der Waals surface area contributed by atoms with E-state index in [4.69, 9.17) is 4.74 Å². The summed E-state index contributed by atoms with van der Waals surface area (Å²) in [6, 6.07) is 6.23. The number of nitrogens with zero attached hydrogens (tertiary/aromatic N) is 2. The van der Waals surface area contributed by atoms with Gasteiger partial charge in [-0.2, -0.15) is 0 Å². The molecule has 0 aromatic heterocycles. The standard InChI is InChI=1S/C18H26N2O4/c1-3-19(4-2)12-13-24-15-9-7-14(8-10-15)17(21)20-11-5-6-16(20)18(22)23/h7-10,16H,3-6,11-13H2,1-2H3,(H,22,23)/t16-/m0/s1. The Hall–Kier alpha value is -2.08. The molecule has 1 aliphatic heterocycles. The maximum absolute atomic E-state index is 12.5. The number of hydrogen-bond acceptors (Lipinski definition) is 4. The molecule has 24 heavy (non-hydrogen) atoms. The van der Waals surface area contributed by atoms with Crippen molar-refractivity contribution in [1.29, 1.82) is 0 Å². The van der Waals surface area contributed by atoms with Crippen LogP contribution in [0.15, 0.2) is 24.3 Å². The van der Waals surface area contributed by atoms with Crippen molar-refractivity contribution in [2.75, 3.05) is 32.8 Å². The third-order valence-corrected chi connectivity index (χ3v) is 4.47. The van der Waals surface area contributed by atoms with E-state index < -0.39 is 12.0 Å². The number of carboxylic acid groups (broad SMARTS) is 1. The summed E-state index contributed by atoms with van der Waals surface area (Å²) < 4.78 is 5.70. The minimum atomic E-state index is -0.933. The maximum Gasteiger partial charge on any atom is 0.326 e. The third-order valence-electron chi connectivity index (χ3n) is 4.47. The molecule has 0 spiro atoms. The average Bonchev–Trinajstić information content (AvgIpc) is 3.09. The largest absolute Gasteiger partial charge is 0.492 e. The van der Waals surface area contributed by atoms with Gasteiger partial charge in [0.1, 0.15) is 18.4 Å². The van der Waals surface area contributed by atoms with Crippen molar-refractivity contribution in [2.24, 2.45) is 0 Å². The number of benzene rings is 1. The number of amides is 1. The zero-order valence-electron chi connectivity index (χ0n) is 14.4. The Bertz CT molecular complexity index is 555. The molecule has 0 bridgehead atoms. The van der Waals surface area contributed by atoms with Gasteiger partial charge in [-0.05, 0) is 50.2 Å². The van der Waals surface area contributed by atoms with Gasteiger partial charge in [-0.1, -0.05) is 13.8 Å². The minimum absolute atomic E-state index is 0.227. The highest BCUT2D eigenvalue weighted by molar-refractivity contribution is 5.97. The Kier molecular flexibility index (Phi) is 6.61. The molecule has 1 saturated heterocycles. The Morgan fingerprint density at radius 2 is 1.92 bits per heavy atom. The molecule has 1 aromatic rings. The fourth-order valence-electron chi connectivity index (χ4n) is 2.96. The van der Waals surface area contributed by atoms with Crippen LogP contribution in [0.2, 0.25) is 0 Å². The highest BCUT2D eigenvalue weighted by Gasteiger charge is 2.34. The normalized spacial score (nSPS) is 17.3. The Balaban J connectivity index is 1.91. The highest BCUT2D eigenvalue weighted by atomic mass is 16.5. The average molecular weight is 334 g/mol. The number of carbonyl (C=O) groups excluding carboxylic acids is 1. The van der Waals surface area contributed by atoms with E-state index in [0.29, 0.717) is 25.1 Å². The van der Waals surface area contributed by atoms with Crippen LogP contribution < -0.4 is 4.74 Å². The van der Waals surface area contributed by atoms with Crippen molar-refractivity contribution >= 4 is 11.9 Å². The van der Waals surface area contributed by atoms with E-state index in [9.17, 15) is 14.7 Å². The van der Waals surface area contributed by atoms with Crippen molar-refractivity contribution in [3.8, 4) is 5.75 Å². The van der Waals surface area contributed by atoms with Crippen molar-refractivity contribution < 1.29 is 19.4 Å². The summed E-state index contributed by atoms with van der Waals surface area (Å²) in [5.41, 5.74) is 0.499. The molecular weight excluding hydrogens is 308 g/mol. The van der Waals surface area contributed by atoms with E-state index in [1.165, 1.54) is 4.90 Å². The van der Waals surface area contributed by atoms with Crippen LogP contribution in [0.3, 0.4) is 0 Å². The fraction of sp³-hybridized carbons (Fsp3) is 0.556. The molecule has 132 valence electrons. The molecule has 6 nitrogen and oxygen atoms in total. The number of aliphatic carboxylic acids is 1. The third kappa shape index (κ3) is 4.47. The van der Waals surface area contributed by atoms with Crippen molar-refractivity contribution in [1.82, 2.24) is 9.80 Å². The number of hydrogen-bond donors (Lipinski definition) is 1. The zero-order valence-corrected chi connectivity index (χ0v) is 14.4. The van der Waals surface area contributed by atoms with Crippen LogP contribution >= 0.6 is 0 Å². The monoisotopic (exact) mass is 334 g/mol. The first kappa shape index (κ1) is 18.3. The molecule has 1 aliphatic rings. The number of carboxylic acids is 1. The Morgan fingerprint density at radius 3 is 2.50 bits per heavy atom. The number of rotatable bonds is 8. The lowest BCUT2D eigenvalue weighted by molar-refractivity contribution is -0.141. The van der Waals surface area contributed by atoms with Gasteiger partial charge >= 0.3 is 5.97 Å². The van der Waals surface area contributed by atoms with E-state index in [1.54, 1.807) is 24.3 Å². The maximum atomic E-state index is 12.5. The topological polar surface area (TPSA) is 70.1 Å². The molecule has 0 radical (unpaired) electrons. The van der Waals surface area contributed by atoms with Crippen LogP contribution in [0.1, 0.15) is 37.0 Å². The molecule has 1 aromatic carbocycles. The predicted molar refractivity (Wildman–Crippen MR) is 91.4 cm³/mol. The van der Waals surface area contributed by atoms with Crippen LogP contribution in [-0.4, -0.2) is 65.6 Å². The lowest BCUT2D eigenvalue weighted by atomic mass is 10.1. The first-order valence-electron chi connectivity index (χ1n) is 8.55. The summed E-state index contributed by atoms with van der Waals surface area (Å²) in [4.78, 5) is 27.4. The minimum Gasteiger partial charge on any atom is -0.492 e. The van der Waals surface area contributed by atoms with Gasteiger partial charge in [-0.25, -0.2) is 4.79 Å². The lowest BCUT2D eigenvalue weighted by Gasteiger charge is -2.21. The molecule has 1 amide bonds. The lowest BCUT2D eigenvalue weighted by Crippen LogP contribution is -2.40. The molecule has 2 rings (SSSR count). The van der Waals surface area contributed by atoms with Gasteiger partial charge in [-0.3, -0.25) is 4.79 Å². The second-order valence-electron chi connectivity index (χ2n) is 5.89. The number of likely N-dealkylation sites (tertiary alicyclic amines) is 1. The zero-order chi connectivity index (χ0) is 17.5. The van der Waals surface area contributed by atoms with E-state index in [0.717, 1.165) is 31.8 Å². The van der Waals surface area contributed by atoms with Gasteiger partial charge < -0.3 is 19.6 Å². The quantitative estimate of drug-likeness (QED) is 0.788. The molecule has 1 N–H and O–H groups in total. The van der Waals surface area contributed by atoms with Crippen LogP contribution in [0.5, 0.6) is 5.75 Å². The summed E-state index contributed by atoms with van der Waals surface area (Å²) in [5.74, 6) is -0.443. The first-order valence-corrected chi connectivity index (χ1v) is 8.55. The SMILES string of the molecule is CCN(CC)CCOc1ccc(C(=O)N2CCC[C@H]2C(=O)O)cc1. The molecule has 1 fully saturated rings. The van der Waals surface area contributed by atoms with Crippen LogP contribution in [0, 0.1) is 0 Å². The number of ether oxygens (including phenoxy) is 1. The van der Waals surface area contributed by atoms with Crippen molar-refractivity contribution in [3.63, 3.8) is 0 Å². The molecule has 1 heterocycles. The summed E-state index contributed by atoms with van der Waals surface area (Å²) >= 11 is 0. The van der Waals surface area contributed by atoms with Crippen LogP contribution in [0.25, 0.3) is 0 Å². The molecule has 0 saturated carbocycles. The smallest absolute Gasteiger partial charge is 0.326 e. The van der Waals surface area contributed by atoms with Gasteiger partial charge in [0, 0.05) is 18.7 Å². The summed E-state index contributed by atoms with van der Waals surface area (Å²) in [7, 11) is 0. The van der Waals surface area contributed by atoms with E-state index >= 15 is 0 Å². The highest BCUT2D eigenvalue weighted by Crippen LogP contribution is 2.21. The molecular formula is C18H26N2O4. The molecule has 6 heteroatoms. The number of likely N-dealkylation sites (N-methyl/N-ethyl adjacent to an activating group) is 1. The predicted octanol–water partition coefficient (Wildman–Crippen LogP) is 2.10. The molecule has 0 unspecified atom stereocenters. The van der Waals surface area contributed by atoms with Crippen molar-refractivity contribution in [3.05, 3.63) is 29.8 Å². The fourth-order valence-corrected chi connectivity index (χ4v) is 2.96. The Labute approximate surface area is 143 Å². The van der Waals surface area contributed by atoms with Gasteiger partial charge in [0.25, 0.3) is 5.91 Å². The van der Waals surface area contributed by atoms with Crippen molar-refractivity contribution in [2.45, 2.75) is 32.7 Å². The van der Waals surface area contributed by atoms with Gasteiger partial charge in [0.2, 0.25) is 0 Å². The summed E-state index contributed by atoms with van der Waals surface area (Å²) in [5, 5.41) is 9.19. The Morgan fingerprint density at radius 1 is 1.25 bits per heavy atom. The summed E-state index contributed by atoms with van der Waals surface area (Å²) in [6.45, 7) is 8.18. The second kappa shape index (κ2) is 8.68. The van der Waals surface area contributed by atoms with Gasteiger partial charge in [0.15, 0.2) is 0 Å². The van der Waals surface area contributed by atoms with E-state index in [1.807, 2.05) is 0 Å². The summed E-state index contributed by atoms with van der Waals surface area (Å²) in [6.07, 6.45) is 1.25. The van der Waals surface area contributed by atoms with Crippen LogP contribution in [-0.2, 0) is 4.79 Å². The van der Waals surface area contributed by atoms with E-state index in [2.05, 4.69) is 18.7 Å². The molecule has 0 aliphatic carbocycles. The number of carbonyl (C=O) groups is 2. The van der Waals surface area contributed by atoms with Gasteiger partial charge in [-0.15, -0.1) is 0 Å². The van der Waals surface area contributed by atoms with E-state index in [-0.39, 0.29) is 5.91 Å². The van der Waals surface area contributed by atoms with Gasteiger partial charge in [0.05, 0.1) is 0 Å². The molecule has 1 atom stereocenters. The second-order valence-corrected chi connectivity index (χ2v) is 5.89. The van der Waals surface area contributed by atoms with Crippen LogP contribution in [0.4, 0.5) is 0 Å². The first-order chi connectivity index (χ1) is 11.6.